The quantitative estimate of drug-likeness (QED) is 0.105. The van der Waals surface area contributed by atoms with E-state index in [1.807, 2.05) is 48.5 Å². The van der Waals surface area contributed by atoms with Gasteiger partial charge < -0.3 is 9.47 Å². The normalized spacial score (nSPS) is 22.7. The van der Waals surface area contributed by atoms with Gasteiger partial charge in [-0.05, 0) is 58.7 Å². The zero-order valence-electron chi connectivity index (χ0n) is 22.6. The van der Waals surface area contributed by atoms with Gasteiger partial charge in [0.15, 0.2) is 0 Å². The maximum atomic E-state index is 14.3. The molecule has 7 rings (SSSR count). The molecule has 2 aliphatic heterocycles. The molecule has 0 N–H and O–H groups in total. The highest BCUT2D eigenvalue weighted by Crippen LogP contribution is 2.56. The van der Waals surface area contributed by atoms with Gasteiger partial charge in [0.25, 0.3) is 5.69 Å². The Labute approximate surface area is 240 Å². The predicted molar refractivity (Wildman–Crippen MR) is 154 cm³/mol. The maximum Gasteiger partial charge on any atom is 0.319 e. The summed E-state index contributed by atoms with van der Waals surface area (Å²) in [6.45, 7) is 1.62. The summed E-state index contributed by atoms with van der Waals surface area (Å²) in [4.78, 5) is 54.1. The van der Waals surface area contributed by atoms with Crippen LogP contribution in [0.3, 0.4) is 0 Å². The number of methoxy groups -OCH3 is 1. The number of nitro benzene ring substituents is 1. The van der Waals surface area contributed by atoms with Crippen molar-refractivity contribution in [1.29, 1.82) is 0 Å². The van der Waals surface area contributed by atoms with Crippen LogP contribution in [0, 0.1) is 34.8 Å². The number of nitrogens with zero attached hydrogens (tertiary/aromatic N) is 2. The molecule has 0 saturated carbocycles. The van der Waals surface area contributed by atoms with E-state index in [9.17, 15) is 24.5 Å². The van der Waals surface area contributed by atoms with Crippen molar-refractivity contribution in [1.82, 2.24) is 0 Å². The van der Waals surface area contributed by atoms with Crippen molar-refractivity contribution < 1.29 is 28.8 Å². The maximum absolute atomic E-state index is 14.3. The second kappa shape index (κ2) is 9.37. The number of carbonyl (C=O) groups excluding carboxylic acids is 3. The molecule has 2 amide bonds. The first kappa shape index (κ1) is 25.6. The number of rotatable bonds is 4. The zero-order valence-corrected chi connectivity index (χ0v) is 22.6. The Morgan fingerprint density at radius 3 is 2.36 bits per heavy atom. The van der Waals surface area contributed by atoms with Crippen LogP contribution in [0.5, 0.6) is 11.5 Å². The molecular weight excluding hydrogens is 536 g/mol. The molecule has 0 aromatic heterocycles. The van der Waals surface area contributed by atoms with Crippen LogP contribution in [-0.2, 0) is 14.4 Å². The summed E-state index contributed by atoms with van der Waals surface area (Å²) in [5, 5.41) is 13.2. The van der Waals surface area contributed by atoms with Crippen molar-refractivity contribution in [3.63, 3.8) is 0 Å². The molecule has 0 radical (unpaired) electrons. The van der Waals surface area contributed by atoms with Gasteiger partial charge in [-0.1, -0.05) is 48.5 Å². The number of nitro groups is 1. The Morgan fingerprint density at radius 2 is 1.64 bits per heavy atom. The monoisotopic (exact) mass is 560 g/mol. The van der Waals surface area contributed by atoms with E-state index in [0.29, 0.717) is 22.6 Å². The first-order valence-corrected chi connectivity index (χ1v) is 13.5. The van der Waals surface area contributed by atoms with Crippen LogP contribution >= 0.6 is 0 Å². The summed E-state index contributed by atoms with van der Waals surface area (Å²) >= 11 is 0. The number of allylic oxidation sites excluding steroid dienone is 1. The summed E-state index contributed by atoms with van der Waals surface area (Å²) in [5.41, 5.74) is 2.70. The van der Waals surface area contributed by atoms with Crippen LogP contribution in [0.2, 0.25) is 0 Å². The number of anilines is 1. The van der Waals surface area contributed by atoms with Crippen LogP contribution in [0.4, 0.5) is 11.4 Å². The van der Waals surface area contributed by atoms with Crippen molar-refractivity contribution in [2.75, 3.05) is 12.0 Å². The topological polar surface area (TPSA) is 116 Å². The first-order valence-electron chi connectivity index (χ1n) is 13.5. The fraction of sp³-hybridized carbons (Fsp3) is 0.182. The summed E-state index contributed by atoms with van der Waals surface area (Å²) < 4.78 is 11.2. The van der Waals surface area contributed by atoms with E-state index in [1.165, 1.54) is 18.2 Å². The first-order chi connectivity index (χ1) is 20.3. The molecule has 1 aliphatic carbocycles. The molecule has 4 aromatic rings. The average molecular weight is 561 g/mol. The molecule has 1 fully saturated rings. The smallest absolute Gasteiger partial charge is 0.319 e. The lowest BCUT2D eigenvalue weighted by Crippen LogP contribution is -2.42. The standard InChI is InChI=1S/C33H24N2O7/c1-17-15-20(35(39)40)10-13-25(17)34-31(36)28-23(19-7-11-21(41-2)12-8-19)16-24-27-22-6-4-3-5-18(22)9-14-26(27)42-33(38)29(24)30(28)32(34)37/h3-16,23,28-30H,1-2H3/t23-,28-,29-,30+/m0/s1. The lowest BCUT2D eigenvalue weighted by Gasteiger charge is -2.38. The SMILES string of the molecule is COc1ccc([C@@H]2C=C3c4c(ccc5ccccc45)OC(=O)[C@@H]3[C@@H]3C(=O)N(c4ccc([N+](=O)[O-])cc4C)C(=O)[C@H]32)cc1. The van der Waals surface area contributed by atoms with Gasteiger partial charge in [0.05, 0.1) is 35.5 Å². The molecule has 0 spiro atoms. The molecule has 9 nitrogen and oxygen atoms in total. The number of hydrogen-bond acceptors (Lipinski definition) is 7. The highest BCUT2D eigenvalue weighted by molar-refractivity contribution is 6.25. The molecule has 4 aromatic carbocycles. The number of carbonyl (C=O) groups is 3. The summed E-state index contributed by atoms with van der Waals surface area (Å²) in [7, 11) is 1.57. The van der Waals surface area contributed by atoms with Crippen molar-refractivity contribution in [3.05, 3.63) is 112 Å². The van der Waals surface area contributed by atoms with Gasteiger partial charge in [-0.15, -0.1) is 0 Å². The summed E-state index contributed by atoms with van der Waals surface area (Å²) in [6, 6.07) is 22.7. The Balaban J connectivity index is 1.44. The van der Waals surface area contributed by atoms with Gasteiger partial charge in [-0.25, -0.2) is 4.90 Å². The number of fused-ring (bicyclic) bond motifs is 7. The van der Waals surface area contributed by atoms with Crippen LogP contribution in [0.25, 0.3) is 16.3 Å². The van der Waals surface area contributed by atoms with E-state index < -0.39 is 46.4 Å². The second-order valence-electron chi connectivity index (χ2n) is 10.8. The molecule has 2 heterocycles. The van der Waals surface area contributed by atoms with Crippen LogP contribution < -0.4 is 14.4 Å². The lowest BCUT2D eigenvalue weighted by molar-refractivity contribution is -0.384. The number of benzene rings is 4. The van der Waals surface area contributed by atoms with E-state index >= 15 is 0 Å². The number of esters is 1. The van der Waals surface area contributed by atoms with E-state index in [4.69, 9.17) is 9.47 Å². The lowest BCUT2D eigenvalue weighted by atomic mass is 9.64. The molecule has 9 heteroatoms. The summed E-state index contributed by atoms with van der Waals surface area (Å²) in [5.74, 6) is -3.98. The number of amides is 2. The second-order valence-corrected chi connectivity index (χ2v) is 10.8. The third-order valence-corrected chi connectivity index (χ3v) is 8.61. The van der Waals surface area contributed by atoms with Crippen molar-refractivity contribution in [2.24, 2.45) is 17.8 Å². The van der Waals surface area contributed by atoms with Crippen molar-refractivity contribution in [2.45, 2.75) is 12.8 Å². The van der Waals surface area contributed by atoms with Gasteiger partial charge >= 0.3 is 5.97 Å². The highest BCUT2D eigenvalue weighted by atomic mass is 16.6. The molecule has 0 bridgehead atoms. The van der Waals surface area contributed by atoms with Crippen LogP contribution in [-0.4, -0.2) is 29.8 Å². The minimum Gasteiger partial charge on any atom is -0.497 e. The van der Waals surface area contributed by atoms with Crippen LogP contribution in [0.15, 0.2) is 84.9 Å². The number of non-ortho nitro benzene ring substituents is 1. The van der Waals surface area contributed by atoms with Gasteiger partial charge in [0.1, 0.15) is 11.5 Å². The largest absolute Gasteiger partial charge is 0.497 e. The molecule has 4 atom stereocenters. The number of hydrogen-bond donors (Lipinski definition) is 0. The van der Waals surface area contributed by atoms with Gasteiger partial charge in [0.2, 0.25) is 11.8 Å². The van der Waals surface area contributed by atoms with Gasteiger partial charge in [0, 0.05) is 23.6 Å². The molecule has 1 saturated heterocycles. The molecule has 42 heavy (non-hydrogen) atoms. The number of imide groups is 1. The van der Waals surface area contributed by atoms with Crippen molar-refractivity contribution >= 4 is 45.5 Å². The fourth-order valence-electron chi connectivity index (χ4n) is 6.72. The third-order valence-electron chi connectivity index (χ3n) is 8.61. The average Bonchev–Trinajstić information content (AvgIpc) is 3.26. The minimum atomic E-state index is -1.03. The molecule has 208 valence electrons. The minimum absolute atomic E-state index is 0.146. The Bertz CT molecular complexity index is 1880. The zero-order chi connectivity index (χ0) is 29.3. The molecule has 3 aliphatic rings. The van der Waals surface area contributed by atoms with Crippen LogP contribution in [0.1, 0.15) is 22.6 Å². The fourth-order valence-corrected chi connectivity index (χ4v) is 6.72. The number of ether oxygens (including phenoxy) is 2. The van der Waals surface area contributed by atoms with Gasteiger partial charge in [-0.2, -0.15) is 0 Å². The van der Waals surface area contributed by atoms with E-state index in [0.717, 1.165) is 26.8 Å². The summed E-state index contributed by atoms with van der Waals surface area (Å²) in [6.07, 6.45) is 1.94. The highest BCUT2D eigenvalue weighted by Gasteiger charge is 2.60. The molecular formula is C33H24N2O7. The van der Waals surface area contributed by atoms with E-state index in [1.54, 1.807) is 32.2 Å². The van der Waals surface area contributed by atoms with E-state index in [2.05, 4.69) is 0 Å². The Kier molecular flexibility index (Phi) is 5.72. The Morgan fingerprint density at radius 1 is 0.905 bits per heavy atom. The number of aryl methyl sites for hydroxylation is 1. The molecule has 0 unspecified atom stereocenters. The van der Waals surface area contributed by atoms with Crippen molar-refractivity contribution in [3.8, 4) is 11.5 Å². The van der Waals surface area contributed by atoms with Gasteiger partial charge in [-0.3, -0.25) is 24.5 Å². The predicted octanol–water partition coefficient (Wildman–Crippen LogP) is 5.59. The Hall–Kier alpha value is -5.31. The van der Waals surface area contributed by atoms with E-state index in [-0.39, 0.29) is 11.4 Å². The third kappa shape index (κ3) is 3.66.